The van der Waals surface area contributed by atoms with Crippen LogP contribution in [0.3, 0.4) is 0 Å². The number of aliphatic hydroxyl groups is 8. The Morgan fingerprint density at radius 2 is 1.17 bits per heavy atom. The minimum atomic E-state index is -1.75. The van der Waals surface area contributed by atoms with Gasteiger partial charge < -0.3 is 55.1 Å². The second-order valence-electron chi connectivity index (χ2n) is 5.53. The van der Waals surface area contributed by atoms with Crippen molar-refractivity contribution in [3.8, 4) is 0 Å². The van der Waals surface area contributed by atoms with E-state index in [1.54, 1.807) is 0 Å². The number of hydrogen-bond donors (Lipinski definition) is 8. The van der Waals surface area contributed by atoms with Crippen molar-refractivity contribution in [2.45, 2.75) is 61.4 Å². The molecule has 2 saturated heterocycles. The third-order valence-corrected chi connectivity index (χ3v) is 3.98. The van der Waals surface area contributed by atoms with Crippen molar-refractivity contribution >= 4 is 0 Å². The fourth-order valence-corrected chi connectivity index (χ4v) is 2.55. The van der Waals surface area contributed by atoms with Crippen molar-refractivity contribution in [2.24, 2.45) is 0 Å². The molecule has 8 N–H and O–H groups in total. The van der Waals surface area contributed by atoms with Gasteiger partial charge in [-0.3, -0.25) is 0 Å². The SMILES string of the molecule is OC[C@H]1O[C@@H](O[C@@H]2[C@@H](O)[C@H](O)[C@@H](CO)O[C@@H]2O)[C@H](O)[C@@H](O)[C@H]1O. The second kappa shape index (κ2) is 7.63. The van der Waals surface area contributed by atoms with Crippen molar-refractivity contribution in [3.63, 3.8) is 0 Å². The normalized spacial score (nSPS) is 51.7. The van der Waals surface area contributed by atoms with Gasteiger partial charge in [-0.1, -0.05) is 0 Å². The summed E-state index contributed by atoms with van der Waals surface area (Å²) in [5.74, 6) is 0. The first-order valence-corrected chi connectivity index (χ1v) is 7.08. The largest absolute Gasteiger partial charge is 0.394 e. The highest BCUT2D eigenvalue weighted by atomic mass is 16.7. The molecule has 0 bridgehead atoms. The Hall–Kier alpha value is -0.440. The van der Waals surface area contributed by atoms with Crippen LogP contribution in [0.4, 0.5) is 0 Å². The predicted molar refractivity (Wildman–Crippen MR) is 68.6 cm³/mol. The molecule has 2 rings (SSSR count). The maximum Gasteiger partial charge on any atom is 0.187 e. The number of hydrogen-bond acceptors (Lipinski definition) is 11. The molecule has 11 heteroatoms. The summed E-state index contributed by atoms with van der Waals surface area (Å²) >= 11 is 0. The molecule has 0 aromatic rings. The molecule has 0 amide bonds. The van der Waals surface area contributed by atoms with Crippen LogP contribution < -0.4 is 0 Å². The predicted octanol–water partition coefficient (Wildman–Crippen LogP) is -5.40. The van der Waals surface area contributed by atoms with Gasteiger partial charge in [-0.25, -0.2) is 0 Å². The lowest BCUT2D eigenvalue weighted by molar-refractivity contribution is -0.361. The van der Waals surface area contributed by atoms with E-state index in [-0.39, 0.29) is 0 Å². The molecule has 0 unspecified atom stereocenters. The maximum atomic E-state index is 9.94. The lowest BCUT2D eigenvalue weighted by atomic mass is 9.97. The van der Waals surface area contributed by atoms with E-state index < -0.39 is 74.6 Å². The minimum Gasteiger partial charge on any atom is -0.394 e. The molecule has 0 aromatic carbocycles. The van der Waals surface area contributed by atoms with Gasteiger partial charge in [0.15, 0.2) is 12.6 Å². The van der Waals surface area contributed by atoms with Crippen LogP contribution in [-0.4, -0.2) is 115 Å². The zero-order valence-corrected chi connectivity index (χ0v) is 12.0. The first-order valence-electron chi connectivity index (χ1n) is 7.08. The molecule has 11 nitrogen and oxygen atoms in total. The van der Waals surface area contributed by atoms with Gasteiger partial charge in [-0.05, 0) is 0 Å². The summed E-state index contributed by atoms with van der Waals surface area (Å²) in [5.41, 5.74) is 0. The van der Waals surface area contributed by atoms with Crippen LogP contribution in [0.5, 0.6) is 0 Å². The molecule has 0 spiro atoms. The summed E-state index contributed by atoms with van der Waals surface area (Å²) < 4.78 is 15.1. The maximum absolute atomic E-state index is 9.94. The van der Waals surface area contributed by atoms with Crippen molar-refractivity contribution in [1.82, 2.24) is 0 Å². The van der Waals surface area contributed by atoms with Crippen LogP contribution in [0.1, 0.15) is 0 Å². The molecule has 0 radical (unpaired) electrons. The molecular formula is C12H22O11. The Kier molecular flexibility index (Phi) is 6.27. The number of ether oxygens (including phenoxy) is 3. The Labute approximate surface area is 130 Å². The number of rotatable bonds is 4. The van der Waals surface area contributed by atoms with Gasteiger partial charge in [-0.15, -0.1) is 0 Å². The lowest BCUT2D eigenvalue weighted by Gasteiger charge is -2.44. The number of aliphatic hydroxyl groups excluding tert-OH is 8. The van der Waals surface area contributed by atoms with E-state index >= 15 is 0 Å². The smallest absolute Gasteiger partial charge is 0.187 e. The van der Waals surface area contributed by atoms with Crippen LogP contribution in [0.15, 0.2) is 0 Å². The zero-order valence-electron chi connectivity index (χ0n) is 12.0. The van der Waals surface area contributed by atoms with Crippen LogP contribution >= 0.6 is 0 Å². The van der Waals surface area contributed by atoms with Gasteiger partial charge in [0.05, 0.1) is 13.2 Å². The van der Waals surface area contributed by atoms with Gasteiger partial charge >= 0.3 is 0 Å². The van der Waals surface area contributed by atoms with Crippen LogP contribution in [0.2, 0.25) is 0 Å². The van der Waals surface area contributed by atoms with Crippen molar-refractivity contribution in [1.29, 1.82) is 0 Å². The molecule has 0 aliphatic carbocycles. The van der Waals surface area contributed by atoms with E-state index in [1.165, 1.54) is 0 Å². The van der Waals surface area contributed by atoms with Gasteiger partial charge in [0.1, 0.15) is 48.8 Å². The fraction of sp³-hybridized carbons (Fsp3) is 1.00. The fourth-order valence-electron chi connectivity index (χ4n) is 2.55. The van der Waals surface area contributed by atoms with E-state index in [0.717, 1.165) is 0 Å². The van der Waals surface area contributed by atoms with Crippen molar-refractivity contribution in [2.75, 3.05) is 13.2 Å². The highest BCUT2D eigenvalue weighted by molar-refractivity contribution is 4.93. The van der Waals surface area contributed by atoms with Gasteiger partial charge in [0.25, 0.3) is 0 Å². The standard InChI is InChI=1S/C12H22O11/c13-1-3-6(16)8(18)10(11(20)21-3)23-12-9(19)7(17)5(15)4(2-14)22-12/h3-20H,1-2H2/t3-,4-,5+,6-,7+,8+,9-,10-,11+,12+/m1/s1. The molecular weight excluding hydrogens is 320 g/mol. The molecule has 2 heterocycles. The second-order valence-corrected chi connectivity index (χ2v) is 5.53. The molecule has 0 aromatic heterocycles. The summed E-state index contributed by atoms with van der Waals surface area (Å²) in [6.07, 6.45) is -15.6. The minimum absolute atomic E-state index is 0.651. The molecule has 2 aliphatic heterocycles. The Morgan fingerprint density at radius 1 is 0.652 bits per heavy atom. The summed E-state index contributed by atoms with van der Waals surface area (Å²) in [4.78, 5) is 0. The van der Waals surface area contributed by atoms with Crippen LogP contribution in [-0.2, 0) is 14.2 Å². The molecule has 136 valence electrons. The van der Waals surface area contributed by atoms with E-state index in [2.05, 4.69) is 0 Å². The van der Waals surface area contributed by atoms with E-state index in [4.69, 9.17) is 24.4 Å². The Balaban J connectivity index is 2.08. The van der Waals surface area contributed by atoms with Crippen molar-refractivity contribution < 1.29 is 55.1 Å². The zero-order chi connectivity index (χ0) is 17.3. The quantitative estimate of drug-likeness (QED) is 0.243. The summed E-state index contributed by atoms with van der Waals surface area (Å²) in [7, 11) is 0. The topological polar surface area (TPSA) is 190 Å². The average Bonchev–Trinajstić information content (AvgIpc) is 2.54. The lowest BCUT2D eigenvalue weighted by Crippen LogP contribution is -2.64. The highest BCUT2D eigenvalue weighted by Crippen LogP contribution is 2.28. The summed E-state index contributed by atoms with van der Waals surface area (Å²) in [5, 5.41) is 76.7. The van der Waals surface area contributed by atoms with Gasteiger partial charge in [0, 0.05) is 0 Å². The molecule has 2 fully saturated rings. The molecule has 2 aliphatic rings. The van der Waals surface area contributed by atoms with Crippen LogP contribution in [0, 0.1) is 0 Å². The summed E-state index contributed by atoms with van der Waals surface area (Å²) in [6, 6.07) is 0. The van der Waals surface area contributed by atoms with E-state index in [0.29, 0.717) is 0 Å². The molecule has 0 saturated carbocycles. The summed E-state index contributed by atoms with van der Waals surface area (Å²) in [6.45, 7) is -1.33. The Bertz CT molecular complexity index is 380. The van der Waals surface area contributed by atoms with E-state index in [1.807, 2.05) is 0 Å². The molecule has 10 atom stereocenters. The van der Waals surface area contributed by atoms with Gasteiger partial charge in [0.2, 0.25) is 0 Å². The van der Waals surface area contributed by atoms with Crippen LogP contribution in [0.25, 0.3) is 0 Å². The van der Waals surface area contributed by atoms with E-state index in [9.17, 15) is 30.6 Å². The third-order valence-electron chi connectivity index (χ3n) is 3.98. The first-order chi connectivity index (χ1) is 10.8. The third kappa shape index (κ3) is 3.65. The average molecular weight is 342 g/mol. The first kappa shape index (κ1) is 18.9. The monoisotopic (exact) mass is 342 g/mol. The Morgan fingerprint density at radius 3 is 1.74 bits per heavy atom. The van der Waals surface area contributed by atoms with Crippen molar-refractivity contribution in [3.05, 3.63) is 0 Å². The van der Waals surface area contributed by atoms with Gasteiger partial charge in [-0.2, -0.15) is 0 Å². The highest BCUT2D eigenvalue weighted by Gasteiger charge is 2.50. The molecule has 23 heavy (non-hydrogen) atoms.